The minimum absolute atomic E-state index is 0. The first kappa shape index (κ1) is 22.6. The molecule has 1 amide bonds. The number of allylic oxidation sites excluding steroid dienone is 1. The summed E-state index contributed by atoms with van der Waals surface area (Å²) in [4.78, 5) is 12.8. The van der Waals surface area contributed by atoms with Crippen molar-refractivity contribution in [1.29, 1.82) is 0 Å². The minimum Gasteiger partial charge on any atom is -0.489 e. The van der Waals surface area contributed by atoms with Gasteiger partial charge in [-0.25, -0.2) is 23.6 Å². The number of ether oxygens (including phenoxy) is 1. The van der Waals surface area contributed by atoms with Gasteiger partial charge in [-0.3, -0.25) is 4.79 Å². The van der Waals surface area contributed by atoms with Gasteiger partial charge in [0.05, 0.1) is 22.1 Å². The van der Waals surface area contributed by atoms with Crippen LogP contribution in [0.25, 0.3) is 5.70 Å². The van der Waals surface area contributed by atoms with Gasteiger partial charge in [0.15, 0.2) is 0 Å². The van der Waals surface area contributed by atoms with Crippen molar-refractivity contribution >= 4 is 34.2 Å². The fraction of sp³-hybridized carbons (Fsp3) is 0.312. The van der Waals surface area contributed by atoms with Crippen LogP contribution in [0.5, 0.6) is 5.75 Å². The maximum absolute atomic E-state index is 14.3. The maximum Gasteiger partial charge on any atom is 0.256 e. The zero-order valence-electron chi connectivity index (χ0n) is 12.9. The first-order chi connectivity index (χ1) is 11.3. The summed E-state index contributed by atoms with van der Waals surface area (Å²) in [5.74, 6) is -2.73. The fourth-order valence-electron chi connectivity index (χ4n) is 2.21. The third-order valence-corrected chi connectivity index (χ3v) is 4.17. The molecule has 133 valence electrons. The van der Waals surface area contributed by atoms with Crippen LogP contribution in [0.3, 0.4) is 0 Å². The summed E-state index contributed by atoms with van der Waals surface area (Å²) in [7, 11) is 0. The van der Waals surface area contributed by atoms with Crippen LogP contribution in [0.4, 0.5) is 17.6 Å². The Hall–Kier alpha value is -0.476. The topological polar surface area (TPSA) is 29.5 Å². The van der Waals surface area contributed by atoms with E-state index in [2.05, 4.69) is 12.7 Å². The summed E-state index contributed by atoms with van der Waals surface area (Å²) in [5, 5.41) is 0. The molecule has 25 heavy (non-hydrogen) atoms. The number of amides is 1. The first-order valence-corrected chi connectivity index (χ1v) is 8.17. The largest absolute Gasteiger partial charge is 0.489 e. The molecular formula is C16H13F4INO2Y-. The average Bonchev–Trinajstić information content (AvgIpc) is 2.51. The van der Waals surface area contributed by atoms with Crippen molar-refractivity contribution in [3.05, 3.63) is 48.1 Å². The molecule has 1 aromatic carbocycles. The average molecular weight is 543 g/mol. The van der Waals surface area contributed by atoms with Crippen molar-refractivity contribution in [3.63, 3.8) is 0 Å². The summed E-state index contributed by atoms with van der Waals surface area (Å²) in [6.07, 6.45) is 1.31. The second-order valence-electron chi connectivity index (χ2n) is 4.90. The molecule has 1 aliphatic rings. The molecule has 9 heteroatoms. The molecule has 2 rings (SSSR count). The Kier molecular flexibility index (Phi) is 9.04. The predicted octanol–water partition coefficient (Wildman–Crippen LogP) is 3.97. The van der Waals surface area contributed by atoms with E-state index in [1.807, 2.05) is 0 Å². The Morgan fingerprint density at radius 3 is 2.52 bits per heavy atom. The molecule has 0 fully saturated rings. The van der Waals surface area contributed by atoms with Crippen molar-refractivity contribution in [1.82, 2.24) is 4.90 Å². The summed E-state index contributed by atoms with van der Waals surface area (Å²) in [5.41, 5.74) is -0.878. The van der Waals surface area contributed by atoms with Gasteiger partial charge < -0.3 is 9.64 Å². The quantitative estimate of drug-likeness (QED) is 0.179. The number of halogens is 5. The Balaban J connectivity index is 0.00000312. The van der Waals surface area contributed by atoms with E-state index in [1.165, 1.54) is 6.08 Å². The summed E-state index contributed by atoms with van der Waals surface area (Å²) in [6, 6.07) is 1.86. The molecule has 1 heterocycles. The van der Waals surface area contributed by atoms with Gasteiger partial charge in [-0.1, -0.05) is 47.2 Å². The molecule has 0 spiro atoms. The van der Waals surface area contributed by atoms with E-state index < -0.39 is 40.0 Å². The van der Waals surface area contributed by atoms with Crippen LogP contribution in [0.15, 0.2) is 24.8 Å². The van der Waals surface area contributed by atoms with Crippen LogP contribution < -0.4 is 4.74 Å². The van der Waals surface area contributed by atoms with E-state index in [0.717, 1.165) is 12.1 Å². The van der Waals surface area contributed by atoms with Crippen LogP contribution in [-0.4, -0.2) is 34.3 Å². The van der Waals surface area contributed by atoms with Crippen molar-refractivity contribution in [3.8, 4) is 5.75 Å². The number of benzene rings is 1. The number of carbonyl (C=O) groups is 1. The minimum atomic E-state index is -2.84. The van der Waals surface area contributed by atoms with Crippen molar-refractivity contribution in [2.24, 2.45) is 0 Å². The Morgan fingerprint density at radius 1 is 1.40 bits per heavy atom. The van der Waals surface area contributed by atoms with Crippen LogP contribution >= 0.6 is 22.6 Å². The number of carbonyl (C=O) groups excluding carboxylic acids is 1. The number of nitrogens with zero attached hydrogens (tertiary/aromatic N) is 1. The number of hydrogen-bond acceptors (Lipinski definition) is 2. The number of hydrogen-bond donors (Lipinski definition) is 0. The second-order valence-corrected chi connectivity index (χ2v) is 6.40. The van der Waals surface area contributed by atoms with Crippen molar-refractivity contribution in [2.45, 2.75) is 16.8 Å². The molecule has 0 aliphatic carbocycles. The van der Waals surface area contributed by atoms with Crippen LogP contribution in [0.2, 0.25) is 0 Å². The maximum atomic E-state index is 14.3. The molecule has 1 radical (unpaired) electrons. The van der Waals surface area contributed by atoms with Gasteiger partial charge >= 0.3 is 0 Å². The van der Waals surface area contributed by atoms with Gasteiger partial charge in [-0.05, 0) is 12.1 Å². The predicted molar refractivity (Wildman–Crippen MR) is 88.8 cm³/mol. The molecule has 1 aromatic rings. The van der Waals surface area contributed by atoms with Gasteiger partial charge in [0, 0.05) is 32.7 Å². The monoisotopic (exact) mass is 543 g/mol. The standard InChI is InChI=1S/C16H13F4INO2.Y/c1-2-5-24-9-6-10(17)15(11(18)7-9)13-4-3-12(21)16(23)22(13)8-14(19)20;/h2,6-7,12,14H,1,3,5,8H2;/q-1;. The molecule has 0 N–H and O–H groups in total. The summed E-state index contributed by atoms with van der Waals surface area (Å²) < 4.78 is 58.6. The Morgan fingerprint density at radius 2 is 2.00 bits per heavy atom. The molecule has 1 aliphatic heterocycles. The molecule has 0 saturated carbocycles. The molecule has 1 atom stereocenters. The van der Waals surface area contributed by atoms with Crippen LogP contribution in [-0.2, 0) is 37.5 Å². The van der Waals surface area contributed by atoms with E-state index in [-0.39, 0.29) is 57.2 Å². The van der Waals surface area contributed by atoms with E-state index in [0.29, 0.717) is 4.90 Å². The van der Waals surface area contributed by atoms with Gasteiger partial charge in [-0.2, -0.15) is 0 Å². The smallest absolute Gasteiger partial charge is 0.256 e. The zero-order chi connectivity index (χ0) is 17.9. The van der Waals surface area contributed by atoms with Gasteiger partial charge in [-0.15, -0.1) is 5.70 Å². The van der Waals surface area contributed by atoms with Crippen LogP contribution in [0.1, 0.15) is 12.0 Å². The second kappa shape index (κ2) is 10.0. The van der Waals surface area contributed by atoms with Gasteiger partial charge in [0.1, 0.15) is 12.4 Å². The van der Waals surface area contributed by atoms with Crippen molar-refractivity contribution < 1.29 is 59.8 Å². The van der Waals surface area contributed by atoms with Crippen molar-refractivity contribution in [2.75, 3.05) is 13.2 Å². The zero-order valence-corrected chi connectivity index (χ0v) is 17.9. The SMILES string of the molecule is C=CCOc1cc(F)c(C2=[C-]CC(I)C(=O)N2CC(F)F)c(F)c1.[Y]. The fourth-order valence-corrected chi connectivity index (χ4v) is 2.76. The third-order valence-electron chi connectivity index (χ3n) is 3.19. The van der Waals surface area contributed by atoms with E-state index in [1.54, 1.807) is 22.6 Å². The Bertz CT molecular complexity index is 661. The van der Waals surface area contributed by atoms with E-state index in [9.17, 15) is 22.4 Å². The molecule has 0 aromatic heterocycles. The Labute approximate surface area is 181 Å². The van der Waals surface area contributed by atoms with E-state index >= 15 is 0 Å². The molecule has 1 unspecified atom stereocenters. The molecule has 0 saturated heterocycles. The molecule has 0 bridgehead atoms. The number of rotatable bonds is 6. The number of alkyl halides is 3. The summed E-state index contributed by atoms with van der Waals surface area (Å²) >= 11 is 1.78. The third kappa shape index (κ3) is 5.50. The summed E-state index contributed by atoms with van der Waals surface area (Å²) in [6.45, 7) is 2.53. The van der Waals surface area contributed by atoms with Gasteiger partial charge in [0.2, 0.25) is 5.91 Å². The molecule has 3 nitrogen and oxygen atoms in total. The molecular weight excluding hydrogens is 530 g/mol. The first-order valence-electron chi connectivity index (χ1n) is 6.92. The normalized spacial score (nSPS) is 17.2. The van der Waals surface area contributed by atoms with Crippen LogP contribution in [0, 0.1) is 17.7 Å². The van der Waals surface area contributed by atoms with E-state index in [4.69, 9.17) is 4.74 Å². The van der Waals surface area contributed by atoms with Gasteiger partial charge in [0.25, 0.3) is 6.43 Å².